The van der Waals surface area contributed by atoms with Crippen LogP contribution in [0.25, 0.3) is 0 Å². The van der Waals surface area contributed by atoms with E-state index in [0.29, 0.717) is 6.54 Å². The van der Waals surface area contributed by atoms with Crippen LogP contribution in [0.1, 0.15) is 37.4 Å². The first kappa shape index (κ1) is 15.3. The molecule has 0 radical (unpaired) electrons. The van der Waals surface area contributed by atoms with Crippen LogP contribution >= 0.6 is 0 Å². The summed E-state index contributed by atoms with van der Waals surface area (Å²) < 4.78 is 0. The number of aromatic nitrogens is 1. The van der Waals surface area contributed by atoms with Gasteiger partial charge in [-0.05, 0) is 50.0 Å². The van der Waals surface area contributed by atoms with Crippen molar-refractivity contribution in [3.63, 3.8) is 0 Å². The number of rotatable bonds is 7. The van der Waals surface area contributed by atoms with E-state index in [1.165, 1.54) is 37.2 Å². The van der Waals surface area contributed by atoms with Crippen LogP contribution in [0, 0.1) is 0 Å². The minimum absolute atomic E-state index is 0.589. The smallest absolute Gasteiger partial charge is 0.128 e. The Morgan fingerprint density at radius 2 is 2.05 bits per heavy atom. The van der Waals surface area contributed by atoms with Crippen LogP contribution in [0.15, 0.2) is 12.1 Å². The highest BCUT2D eigenvalue weighted by Gasteiger charge is 2.13. The van der Waals surface area contributed by atoms with E-state index >= 15 is 0 Å². The van der Waals surface area contributed by atoms with E-state index in [0.717, 1.165) is 31.7 Å². The average Bonchev–Trinajstić information content (AvgIpc) is 2.98. The Balaban J connectivity index is 1.99. The molecular weight excluding hydrogens is 248 g/mol. The van der Waals surface area contributed by atoms with E-state index in [9.17, 15) is 0 Å². The summed E-state index contributed by atoms with van der Waals surface area (Å²) in [6, 6.07) is 4.27. The van der Waals surface area contributed by atoms with E-state index in [-0.39, 0.29) is 0 Å². The van der Waals surface area contributed by atoms with Crippen LogP contribution in [0.4, 0.5) is 5.82 Å². The topological polar surface area (TPSA) is 45.4 Å². The molecule has 0 bridgehead atoms. The second-order valence-corrected chi connectivity index (χ2v) is 5.75. The average molecular weight is 276 g/mol. The van der Waals surface area contributed by atoms with Crippen LogP contribution < -0.4 is 10.6 Å². The maximum absolute atomic E-state index is 5.80. The summed E-state index contributed by atoms with van der Waals surface area (Å²) in [5.41, 5.74) is 8.15. The molecule has 0 aromatic carbocycles. The summed E-state index contributed by atoms with van der Waals surface area (Å²) in [4.78, 5) is 9.57. The van der Waals surface area contributed by atoms with Crippen molar-refractivity contribution in [2.45, 2.75) is 39.2 Å². The lowest BCUT2D eigenvalue weighted by atomic mass is 10.1. The normalized spacial score (nSPS) is 15.8. The van der Waals surface area contributed by atoms with Gasteiger partial charge in [0.1, 0.15) is 5.82 Å². The Morgan fingerprint density at radius 1 is 1.30 bits per heavy atom. The number of nitrogens with two attached hydrogens (primary N) is 1. The van der Waals surface area contributed by atoms with Crippen molar-refractivity contribution in [2.24, 2.45) is 5.73 Å². The predicted molar refractivity (Wildman–Crippen MR) is 85.1 cm³/mol. The molecule has 0 amide bonds. The van der Waals surface area contributed by atoms with Gasteiger partial charge in [0, 0.05) is 32.4 Å². The summed E-state index contributed by atoms with van der Waals surface area (Å²) in [5.74, 6) is 1.07. The minimum Gasteiger partial charge on any atom is -0.358 e. The number of hydrogen-bond acceptors (Lipinski definition) is 4. The summed E-state index contributed by atoms with van der Waals surface area (Å²) in [5, 5.41) is 0. The molecule has 112 valence electrons. The van der Waals surface area contributed by atoms with Gasteiger partial charge in [-0.2, -0.15) is 0 Å². The van der Waals surface area contributed by atoms with Crippen molar-refractivity contribution >= 4 is 5.82 Å². The SMILES string of the molecule is CCCc1cc(CN)cc(N(C)CCN2CCCC2)n1. The van der Waals surface area contributed by atoms with Crippen LogP contribution in [-0.2, 0) is 13.0 Å². The Kier molecular flexibility index (Phi) is 5.80. The molecule has 1 fully saturated rings. The lowest BCUT2D eigenvalue weighted by Crippen LogP contribution is -2.32. The molecule has 0 atom stereocenters. The largest absolute Gasteiger partial charge is 0.358 e. The zero-order valence-electron chi connectivity index (χ0n) is 12.9. The van der Waals surface area contributed by atoms with Crippen molar-refractivity contribution in [1.29, 1.82) is 0 Å². The van der Waals surface area contributed by atoms with Gasteiger partial charge in [-0.3, -0.25) is 0 Å². The standard InChI is InChI=1S/C16H28N4/c1-3-6-15-11-14(13-17)12-16(18-15)19(2)9-10-20-7-4-5-8-20/h11-12H,3-10,13,17H2,1-2H3. The van der Waals surface area contributed by atoms with E-state index in [1.807, 2.05) is 0 Å². The summed E-state index contributed by atoms with van der Waals surface area (Å²) in [7, 11) is 2.13. The molecule has 0 unspecified atom stereocenters. The molecule has 2 rings (SSSR count). The molecule has 20 heavy (non-hydrogen) atoms. The first-order chi connectivity index (χ1) is 9.72. The highest BCUT2D eigenvalue weighted by molar-refractivity contribution is 5.42. The first-order valence-corrected chi connectivity index (χ1v) is 7.86. The quantitative estimate of drug-likeness (QED) is 0.827. The number of nitrogens with zero attached hydrogens (tertiary/aromatic N) is 3. The fraction of sp³-hybridized carbons (Fsp3) is 0.688. The van der Waals surface area contributed by atoms with E-state index in [2.05, 4.69) is 35.9 Å². The molecule has 0 saturated carbocycles. The van der Waals surface area contributed by atoms with Crippen molar-refractivity contribution in [1.82, 2.24) is 9.88 Å². The molecule has 1 saturated heterocycles. The molecule has 0 spiro atoms. The number of hydrogen-bond donors (Lipinski definition) is 1. The molecule has 2 heterocycles. The lowest BCUT2D eigenvalue weighted by Gasteiger charge is -2.23. The third kappa shape index (κ3) is 4.18. The molecule has 4 nitrogen and oxygen atoms in total. The van der Waals surface area contributed by atoms with Crippen molar-refractivity contribution < 1.29 is 0 Å². The van der Waals surface area contributed by atoms with E-state index in [1.54, 1.807) is 0 Å². The maximum atomic E-state index is 5.80. The molecule has 1 aliphatic rings. The monoisotopic (exact) mass is 276 g/mol. The summed E-state index contributed by atoms with van der Waals surface area (Å²) in [6.45, 7) is 7.46. The van der Waals surface area contributed by atoms with Crippen LogP contribution in [0.3, 0.4) is 0 Å². The predicted octanol–water partition coefficient (Wildman–Crippen LogP) is 2.02. The van der Waals surface area contributed by atoms with Crippen LogP contribution in [0.2, 0.25) is 0 Å². The summed E-state index contributed by atoms with van der Waals surface area (Å²) in [6.07, 6.45) is 4.86. The summed E-state index contributed by atoms with van der Waals surface area (Å²) >= 11 is 0. The highest BCUT2D eigenvalue weighted by atomic mass is 15.2. The number of aryl methyl sites for hydroxylation is 1. The second kappa shape index (κ2) is 7.60. The zero-order chi connectivity index (χ0) is 14.4. The first-order valence-electron chi connectivity index (χ1n) is 7.86. The molecule has 4 heteroatoms. The van der Waals surface area contributed by atoms with Gasteiger partial charge in [0.15, 0.2) is 0 Å². The van der Waals surface area contributed by atoms with Gasteiger partial charge in [0.25, 0.3) is 0 Å². The minimum atomic E-state index is 0.589. The van der Waals surface area contributed by atoms with Crippen LogP contribution in [0.5, 0.6) is 0 Å². The fourth-order valence-corrected chi connectivity index (χ4v) is 2.74. The lowest BCUT2D eigenvalue weighted by molar-refractivity contribution is 0.346. The Bertz CT molecular complexity index is 413. The second-order valence-electron chi connectivity index (χ2n) is 5.75. The molecule has 2 N–H and O–H groups in total. The molecule has 1 aromatic rings. The number of likely N-dealkylation sites (tertiary alicyclic amines) is 1. The van der Waals surface area contributed by atoms with Crippen molar-refractivity contribution in [3.8, 4) is 0 Å². The highest BCUT2D eigenvalue weighted by Crippen LogP contribution is 2.15. The Labute approximate surface area is 123 Å². The maximum Gasteiger partial charge on any atom is 0.128 e. The third-order valence-electron chi connectivity index (χ3n) is 4.01. The van der Waals surface area contributed by atoms with Crippen LogP contribution in [-0.4, -0.2) is 43.1 Å². The van der Waals surface area contributed by atoms with Crippen molar-refractivity contribution in [2.75, 3.05) is 38.1 Å². The number of anilines is 1. The van der Waals surface area contributed by atoms with Gasteiger partial charge in [-0.1, -0.05) is 13.3 Å². The fourth-order valence-electron chi connectivity index (χ4n) is 2.74. The van der Waals surface area contributed by atoms with Gasteiger partial charge in [0.2, 0.25) is 0 Å². The zero-order valence-corrected chi connectivity index (χ0v) is 12.9. The van der Waals surface area contributed by atoms with Gasteiger partial charge in [-0.15, -0.1) is 0 Å². The molecule has 1 aliphatic heterocycles. The molecular formula is C16H28N4. The third-order valence-corrected chi connectivity index (χ3v) is 4.01. The number of likely N-dealkylation sites (N-methyl/N-ethyl adjacent to an activating group) is 1. The number of pyridine rings is 1. The van der Waals surface area contributed by atoms with Gasteiger partial charge in [0.05, 0.1) is 0 Å². The molecule has 1 aromatic heterocycles. The van der Waals surface area contributed by atoms with Crippen molar-refractivity contribution in [3.05, 3.63) is 23.4 Å². The Hall–Kier alpha value is -1.13. The van der Waals surface area contributed by atoms with E-state index < -0.39 is 0 Å². The van der Waals surface area contributed by atoms with Gasteiger partial charge in [-0.25, -0.2) is 4.98 Å². The molecule has 0 aliphatic carbocycles. The van der Waals surface area contributed by atoms with Gasteiger partial charge < -0.3 is 15.5 Å². The van der Waals surface area contributed by atoms with E-state index in [4.69, 9.17) is 10.7 Å². The Morgan fingerprint density at radius 3 is 2.70 bits per heavy atom. The van der Waals surface area contributed by atoms with Gasteiger partial charge >= 0.3 is 0 Å².